The molecule has 0 amide bonds. The van der Waals surface area contributed by atoms with Gasteiger partial charge in [0.25, 0.3) is 5.56 Å². The highest BCUT2D eigenvalue weighted by molar-refractivity contribution is 7.18. The van der Waals surface area contributed by atoms with Crippen LogP contribution in [-0.4, -0.2) is 36.3 Å². The van der Waals surface area contributed by atoms with Crippen LogP contribution in [0.3, 0.4) is 0 Å². The highest BCUT2D eigenvalue weighted by Crippen LogP contribution is 2.29. The summed E-state index contributed by atoms with van der Waals surface area (Å²) in [6.07, 6.45) is 2.09. The topological polar surface area (TPSA) is 59.4 Å². The summed E-state index contributed by atoms with van der Waals surface area (Å²) < 4.78 is 5.39. The average Bonchev–Trinajstić information content (AvgIpc) is 2.84. The number of hydrogen-bond acceptors (Lipinski definition) is 4. The Morgan fingerprint density at radius 2 is 2.13 bits per heavy atom. The second kappa shape index (κ2) is 7.11. The molecule has 126 valence electrons. The Hall–Kier alpha value is -1.24. The van der Waals surface area contributed by atoms with Gasteiger partial charge in [0.05, 0.1) is 18.6 Å². The number of quaternary nitrogens is 1. The van der Waals surface area contributed by atoms with Crippen molar-refractivity contribution in [1.29, 1.82) is 0 Å². The SMILES string of the molecule is CC[C@@H](C)Cc1c(C)sc2nc(C[NH+]3CCOCC3)[nH]c(=O)c12. The minimum absolute atomic E-state index is 0.0281. The molecule has 0 radical (unpaired) electrons. The Labute approximate surface area is 140 Å². The minimum Gasteiger partial charge on any atom is -0.370 e. The van der Waals surface area contributed by atoms with Crippen LogP contribution in [0.15, 0.2) is 4.79 Å². The third kappa shape index (κ3) is 3.65. The first-order valence-electron chi connectivity index (χ1n) is 8.51. The lowest BCUT2D eigenvalue weighted by Crippen LogP contribution is -3.12. The summed E-state index contributed by atoms with van der Waals surface area (Å²) in [5.41, 5.74) is 1.22. The molecule has 2 aromatic rings. The lowest BCUT2D eigenvalue weighted by Gasteiger charge is -2.23. The lowest BCUT2D eigenvalue weighted by atomic mass is 9.98. The molecule has 1 aliphatic rings. The number of H-pyrrole nitrogens is 1. The largest absolute Gasteiger partial charge is 0.370 e. The van der Waals surface area contributed by atoms with E-state index in [0.29, 0.717) is 5.92 Å². The van der Waals surface area contributed by atoms with E-state index in [0.717, 1.165) is 61.7 Å². The van der Waals surface area contributed by atoms with Crippen LogP contribution >= 0.6 is 11.3 Å². The first-order chi connectivity index (χ1) is 11.1. The van der Waals surface area contributed by atoms with Crippen LogP contribution in [0.2, 0.25) is 0 Å². The summed E-state index contributed by atoms with van der Waals surface area (Å²) in [4.78, 5) is 23.9. The maximum Gasteiger partial charge on any atom is 0.260 e. The summed E-state index contributed by atoms with van der Waals surface area (Å²) in [7, 11) is 0. The number of rotatable bonds is 5. The van der Waals surface area contributed by atoms with E-state index < -0.39 is 0 Å². The smallest absolute Gasteiger partial charge is 0.260 e. The molecule has 0 aromatic carbocycles. The number of hydrogen-bond donors (Lipinski definition) is 2. The molecule has 0 bridgehead atoms. The fourth-order valence-corrected chi connectivity index (χ4v) is 4.19. The van der Waals surface area contributed by atoms with E-state index in [-0.39, 0.29) is 5.56 Å². The molecule has 0 unspecified atom stereocenters. The van der Waals surface area contributed by atoms with Gasteiger partial charge in [-0.05, 0) is 24.8 Å². The number of nitrogens with one attached hydrogen (secondary N) is 2. The molecule has 3 heterocycles. The highest BCUT2D eigenvalue weighted by Gasteiger charge is 2.19. The molecular weight excluding hydrogens is 310 g/mol. The third-order valence-electron chi connectivity index (χ3n) is 4.78. The molecule has 3 rings (SSSR count). The van der Waals surface area contributed by atoms with E-state index in [1.165, 1.54) is 15.3 Å². The van der Waals surface area contributed by atoms with Crippen molar-refractivity contribution in [3.8, 4) is 0 Å². The van der Waals surface area contributed by atoms with Gasteiger partial charge in [0.1, 0.15) is 24.5 Å². The lowest BCUT2D eigenvalue weighted by molar-refractivity contribution is -0.922. The Morgan fingerprint density at radius 3 is 2.83 bits per heavy atom. The first-order valence-corrected chi connectivity index (χ1v) is 9.32. The summed E-state index contributed by atoms with van der Waals surface area (Å²) >= 11 is 1.66. The Kier molecular flexibility index (Phi) is 5.14. The standard InChI is InChI=1S/C17H25N3O2S/c1-4-11(2)9-13-12(3)23-17-15(13)16(21)18-14(19-17)10-20-5-7-22-8-6-20/h11H,4-10H2,1-3H3,(H,18,19,21)/p+1/t11-/m1/s1. The number of aromatic amines is 1. The average molecular weight is 336 g/mol. The predicted molar refractivity (Wildman–Crippen MR) is 93.4 cm³/mol. The van der Waals surface area contributed by atoms with Crippen LogP contribution in [-0.2, 0) is 17.7 Å². The van der Waals surface area contributed by atoms with Gasteiger partial charge in [-0.3, -0.25) is 4.79 Å². The number of morpholine rings is 1. The molecule has 0 spiro atoms. The van der Waals surface area contributed by atoms with E-state index in [9.17, 15) is 4.79 Å². The van der Waals surface area contributed by atoms with Gasteiger partial charge in [-0.1, -0.05) is 20.3 Å². The van der Waals surface area contributed by atoms with Crippen LogP contribution in [0.5, 0.6) is 0 Å². The second-order valence-electron chi connectivity index (χ2n) is 6.59. The molecule has 1 atom stereocenters. The van der Waals surface area contributed by atoms with Gasteiger partial charge in [0.2, 0.25) is 0 Å². The van der Waals surface area contributed by atoms with Crippen LogP contribution < -0.4 is 10.5 Å². The molecule has 5 nitrogen and oxygen atoms in total. The molecule has 1 fully saturated rings. The van der Waals surface area contributed by atoms with E-state index in [1.807, 2.05) is 0 Å². The van der Waals surface area contributed by atoms with E-state index >= 15 is 0 Å². The number of thiophene rings is 1. The zero-order chi connectivity index (χ0) is 16.4. The van der Waals surface area contributed by atoms with E-state index in [2.05, 4.69) is 25.8 Å². The molecule has 0 saturated carbocycles. The summed E-state index contributed by atoms with van der Waals surface area (Å²) in [6, 6.07) is 0. The van der Waals surface area contributed by atoms with Gasteiger partial charge in [-0.25, -0.2) is 4.98 Å². The second-order valence-corrected chi connectivity index (χ2v) is 7.79. The normalized spacial score (nSPS) is 17.7. The van der Waals surface area contributed by atoms with Gasteiger partial charge < -0.3 is 14.6 Å². The molecule has 0 aliphatic carbocycles. The number of nitrogens with zero attached hydrogens (tertiary/aromatic N) is 1. The fraction of sp³-hybridized carbons (Fsp3) is 0.647. The van der Waals surface area contributed by atoms with Crippen molar-refractivity contribution in [3.05, 3.63) is 26.6 Å². The Morgan fingerprint density at radius 1 is 1.39 bits per heavy atom. The summed E-state index contributed by atoms with van der Waals surface area (Å²) in [5, 5.41) is 0.813. The van der Waals surface area contributed by atoms with Crippen molar-refractivity contribution < 1.29 is 9.64 Å². The zero-order valence-corrected chi connectivity index (χ0v) is 15.0. The van der Waals surface area contributed by atoms with E-state index in [1.54, 1.807) is 11.3 Å². The number of ether oxygens (including phenoxy) is 1. The maximum atomic E-state index is 12.6. The van der Waals surface area contributed by atoms with Crippen molar-refractivity contribution in [2.24, 2.45) is 5.92 Å². The van der Waals surface area contributed by atoms with Crippen molar-refractivity contribution in [3.63, 3.8) is 0 Å². The van der Waals surface area contributed by atoms with Crippen LogP contribution in [0.25, 0.3) is 10.2 Å². The molecule has 1 saturated heterocycles. The summed E-state index contributed by atoms with van der Waals surface area (Å²) in [6.45, 7) is 10.8. The van der Waals surface area contributed by atoms with Gasteiger partial charge in [-0.15, -0.1) is 11.3 Å². The van der Waals surface area contributed by atoms with Crippen molar-refractivity contribution in [1.82, 2.24) is 9.97 Å². The van der Waals surface area contributed by atoms with Crippen LogP contribution in [0.4, 0.5) is 0 Å². The molecule has 23 heavy (non-hydrogen) atoms. The van der Waals surface area contributed by atoms with Crippen molar-refractivity contribution in [2.45, 2.75) is 40.2 Å². The monoisotopic (exact) mass is 336 g/mol. The Balaban J connectivity index is 1.91. The van der Waals surface area contributed by atoms with Gasteiger partial charge in [-0.2, -0.15) is 0 Å². The maximum absolute atomic E-state index is 12.6. The Bertz CT molecular complexity index is 731. The van der Waals surface area contributed by atoms with E-state index in [4.69, 9.17) is 9.72 Å². The molecule has 6 heteroatoms. The summed E-state index contributed by atoms with van der Waals surface area (Å²) in [5.74, 6) is 1.39. The predicted octanol–water partition coefficient (Wildman–Crippen LogP) is 1.30. The van der Waals surface area contributed by atoms with Gasteiger partial charge in [0.15, 0.2) is 5.82 Å². The van der Waals surface area contributed by atoms with Crippen molar-refractivity contribution >= 4 is 21.6 Å². The molecule has 2 aromatic heterocycles. The van der Waals surface area contributed by atoms with Gasteiger partial charge in [0, 0.05) is 4.88 Å². The first kappa shape index (κ1) is 16.6. The quantitative estimate of drug-likeness (QED) is 0.865. The minimum atomic E-state index is 0.0281. The molecule has 2 N–H and O–H groups in total. The van der Waals surface area contributed by atoms with Crippen LogP contribution in [0.1, 0.15) is 36.5 Å². The van der Waals surface area contributed by atoms with Crippen molar-refractivity contribution in [2.75, 3.05) is 26.3 Å². The zero-order valence-electron chi connectivity index (χ0n) is 14.2. The highest BCUT2D eigenvalue weighted by atomic mass is 32.1. The third-order valence-corrected chi connectivity index (χ3v) is 5.82. The number of aromatic nitrogens is 2. The number of fused-ring (bicyclic) bond motifs is 1. The number of aryl methyl sites for hydroxylation is 1. The fourth-order valence-electron chi connectivity index (χ4n) is 3.12. The van der Waals surface area contributed by atoms with Crippen LogP contribution in [0, 0.1) is 12.8 Å². The molecular formula is C17H26N3O2S+. The molecule has 1 aliphatic heterocycles. The van der Waals surface area contributed by atoms with Gasteiger partial charge >= 0.3 is 0 Å².